The van der Waals surface area contributed by atoms with Crippen molar-refractivity contribution >= 4 is 29.3 Å². The third-order valence-electron chi connectivity index (χ3n) is 2.95. The highest BCUT2D eigenvalue weighted by Gasteiger charge is 2.24. The molecule has 0 saturated heterocycles. The number of rotatable bonds is 3. The molecule has 2 heterocycles. The zero-order valence-electron chi connectivity index (χ0n) is 11.0. The van der Waals surface area contributed by atoms with Gasteiger partial charge in [-0.25, -0.2) is 9.79 Å². The molecule has 0 N–H and O–H groups in total. The molecule has 0 fully saturated rings. The third-order valence-corrected chi connectivity index (χ3v) is 4.13. The Bertz CT molecular complexity index is 698. The number of hydrogen-bond donors (Lipinski definition) is 0. The first-order chi connectivity index (χ1) is 9.76. The average molecular weight is 283 g/mol. The van der Waals surface area contributed by atoms with Crippen LogP contribution in [0.25, 0.3) is 6.08 Å². The lowest BCUT2D eigenvalue weighted by Gasteiger charge is -1.97. The van der Waals surface area contributed by atoms with Gasteiger partial charge in [-0.15, -0.1) is 11.3 Å². The van der Waals surface area contributed by atoms with Crippen LogP contribution >= 0.6 is 11.3 Å². The summed E-state index contributed by atoms with van der Waals surface area (Å²) in [5, 5.41) is 0. The van der Waals surface area contributed by atoms with E-state index in [1.807, 2.05) is 36.4 Å². The van der Waals surface area contributed by atoms with Crippen molar-refractivity contribution in [3.05, 3.63) is 63.5 Å². The summed E-state index contributed by atoms with van der Waals surface area (Å²) in [7, 11) is 0. The van der Waals surface area contributed by atoms with Crippen molar-refractivity contribution in [3.8, 4) is 0 Å². The van der Waals surface area contributed by atoms with Gasteiger partial charge in [0.05, 0.1) is 0 Å². The average Bonchev–Trinajstić information content (AvgIpc) is 3.08. The van der Waals surface area contributed by atoms with Gasteiger partial charge in [0.2, 0.25) is 5.90 Å². The number of thiophene rings is 1. The number of carbonyl (C=O) groups excluding carboxylic acids is 1. The van der Waals surface area contributed by atoms with Crippen molar-refractivity contribution in [1.29, 1.82) is 0 Å². The van der Waals surface area contributed by atoms with Crippen molar-refractivity contribution < 1.29 is 9.53 Å². The van der Waals surface area contributed by atoms with Crippen LogP contribution in [-0.4, -0.2) is 11.9 Å². The fourth-order valence-corrected chi connectivity index (χ4v) is 2.80. The minimum Gasteiger partial charge on any atom is -0.402 e. The minimum atomic E-state index is -0.393. The Balaban J connectivity index is 1.90. The van der Waals surface area contributed by atoms with Crippen LogP contribution in [0.1, 0.15) is 22.2 Å². The van der Waals surface area contributed by atoms with E-state index in [9.17, 15) is 4.79 Å². The number of carbonyl (C=O) groups is 1. The molecule has 1 aromatic carbocycles. The van der Waals surface area contributed by atoms with Gasteiger partial charge in [-0.3, -0.25) is 0 Å². The number of aliphatic imine (C=N–C) groups is 1. The second-order valence-electron chi connectivity index (χ2n) is 4.36. The van der Waals surface area contributed by atoms with E-state index in [2.05, 4.69) is 18.0 Å². The Morgan fingerprint density at radius 3 is 2.70 bits per heavy atom. The van der Waals surface area contributed by atoms with Gasteiger partial charge in [-0.05, 0) is 36.8 Å². The van der Waals surface area contributed by atoms with Crippen molar-refractivity contribution in [2.75, 3.05) is 0 Å². The Kier molecular flexibility index (Phi) is 3.48. The van der Waals surface area contributed by atoms with Crippen LogP contribution in [0.15, 0.2) is 53.2 Å². The highest BCUT2D eigenvalue weighted by Crippen LogP contribution is 2.23. The number of hydrogen-bond acceptors (Lipinski definition) is 4. The van der Waals surface area contributed by atoms with E-state index in [0.29, 0.717) is 11.6 Å². The summed E-state index contributed by atoms with van der Waals surface area (Å²) < 4.78 is 5.21. The van der Waals surface area contributed by atoms with Gasteiger partial charge in [-0.2, -0.15) is 0 Å². The van der Waals surface area contributed by atoms with Crippen LogP contribution in [0.2, 0.25) is 0 Å². The topological polar surface area (TPSA) is 38.7 Å². The fraction of sp³-hybridized carbons (Fsp3) is 0.125. The first-order valence-corrected chi connectivity index (χ1v) is 7.24. The molecule has 2 aromatic rings. The molecule has 1 aromatic heterocycles. The lowest BCUT2D eigenvalue weighted by Crippen LogP contribution is -2.04. The number of benzene rings is 1. The van der Waals surface area contributed by atoms with Crippen LogP contribution in [0.3, 0.4) is 0 Å². The molecule has 100 valence electrons. The standard InChI is InChI=1S/C16H13NO2S/c1-2-12-8-9-13(20-12)10-14-16(18)19-15(17-14)11-6-4-3-5-7-11/h3-10H,2H2,1H3/b14-10+. The molecule has 1 aliphatic rings. The predicted molar refractivity (Wildman–Crippen MR) is 80.7 cm³/mol. The predicted octanol–water partition coefficient (Wildman–Crippen LogP) is 3.66. The highest BCUT2D eigenvalue weighted by molar-refractivity contribution is 7.12. The van der Waals surface area contributed by atoms with Crippen LogP contribution < -0.4 is 0 Å². The van der Waals surface area contributed by atoms with E-state index in [0.717, 1.165) is 16.9 Å². The quantitative estimate of drug-likeness (QED) is 0.637. The number of esters is 1. The first kappa shape index (κ1) is 12.8. The summed E-state index contributed by atoms with van der Waals surface area (Å²) in [6, 6.07) is 13.5. The van der Waals surface area contributed by atoms with Gasteiger partial charge >= 0.3 is 5.97 Å². The Morgan fingerprint density at radius 2 is 2.00 bits per heavy atom. The Hall–Kier alpha value is -2.20. The lowest BCUT2D eigenvalue weighted by molar-refractivity contribution is -0.129. The number of aryl methyl sites for hydroxylation is 1. The highest BCUT2D eigenvalue weighted by atomic mass is 32.1. The van der Waals surface area contributed by atoms with E-state index in [4.69, 9.17) is 4.74 Å². The summed E-state index contributed by atoms with van der Waals surface area (Å²) in [4.78, 5) is 18.4. The molecule has 0 unspecified atom stereocenters. The molecule has 0 bridgehead atoms. The summed E-state index contributed by atoms with van der Waals surface area (Å²) in [5.41, 5.74) is 1.16. The molecular weight excluding hydrogens is 270 g/mol. The maximum Gasteiger partial charge on any atom is 0.363 e. The molecule has 0 saturated carbocycles. The summed E-state index contributed by atoms with van der Waals surface area (Å²) >= 11 is 1.67. The summed E-state index contributed by atoms with van der Waals surface area (Å²) in [5.74, 6) is -0.0237. The van der Waals surface area contributed by atoms with Gasteiger partial charge in [0, 0.05) is 15.3 Å². The van der Waals surface area contributed by atoms with Gasteiger partial charge in [0.15, 0.2) is 5.70 Å². The first-order valence-electron chi connectivity index (χ1n) is 6.43. The molecule has 0 spiro atoms. The normalized spacial score (nSPS) is 16.4. The molecule has 0 atom stereocenters. The molecule has 4 heteroatoms. The zero-order chi connectivity index (χ0) is 13.9. The van der Waals surface area contributed by atoms with Crippen molar-refractivity contribution in [3.63, 3.8) is 0 Å². The van der Waals surface area contributed by atoms with Crippen LogP contribution in [0.4, 0.5) is 0 Å². The van der Waals surface area contributed by atoms with E-state index in [-0.39, 0.29) is 0 Å². The van der Waals surface area contributed by atoms with Crippen LogP contribution in [-0.2, 0) is 16.0 Å². The third kappa shape index (κ3) is 2.56. The smallest absolute Gasteiger partial charge is 0.363 e. The van der Waals surface area contributed by atoms with E-state index in [1.165, 1.54) is 4.88 Å². The second kappa shape index (κ2) is 5.43. The minimum absolute atomic E-state index is 0.355. The number of cyclic esters (lactones) is 1. The molecule has 0 amide bonds. The molecular formula is C16H13NO2S. The Labute approximate surface area is 121 Å². The van der Waals surface area contributed by atoms with Gasteiger partial charge in [0.1, 0.15) is 0 Å². The van der Waals surface area contributed by atoms with Crippen molar-refractivity contribution in [2.24, 2.45) is 4.99 Å². The maximum absolute atomic E-state index is 11.8. The van der Waals surface area contributed by atoms with Crippen molar-refractivity contribution in [2.45, 2.75) is 13.3 Å². The molecule has 3 nitrogen and oxygen atoms in total. The molecule has 20 heavy (non-hydrogen) atoms. The van der Waals surface area contributed by atoms with Gasteiger partial charge < -0.3 is 4.74 Å². The second-order valence-corrected chi connectivity index (χ2v) is 5.56. The Morgan fingerprint density at radius 1 is 1.20 bits per heavy atom. The molecule has 0 aliphatic carbocycles. The molecule has 3 rings (SSSR count). The zero-order valence-corrected chi connectivity index (χ0v) is 11.8. The largest absolute Gasteiger partial charge is 0.402 e. The SMILES string of the molecule is CCc1ccc(/C=C2/N=C(c3ccccc3)OC2=O)s1. The summed E-state index contributed by atoms with van der Waals surface area (Å²) in [6.45, 7) is 2.11. The van der Waals surface area contributed by atoms with Gasteiger partial charge in [-0.1, -0.05) is 25.1 Å². The monoisotopic (exact) mass is 283 g/mol. The molecule has 0 radical (unpaired) electrons. The maximum atomic E-state index is 11.8. The fourth-order valence-electron chi connectivity index (χ4n) is 1.91. The van der Waals surface area contributed by atoms with Crippen LogP contribution in [0, 0.1) is 0 Å². The van der Waals surface area contributed by atoms with Gasteiger partial charge in [0.25, 0.3) is 0 Å². The number of ether oxygens (including phenoxy) is 1. The van der Waals surface area contributed by atoms with E-state index >= 15 is 0 Å². The van der Waals surface area contributed by atoms with Crippen molar-refractivity contribution in [1.82, 2.24) is 0 Å². The number of nitrogens with zero attached hydrogens (tertiary/aromatic N) is 1. The molecule has 1 aliphatic heterocycles. The van der Waals surface area contributed by atoms with Crippen LogP contribution in [0.5, 0.6) is 0 Å². The van der Waals surface area contributed by atoms with E-state index in [1.54, 1.807) is 17.4 Å². The summed E-state index contributed by atoms with van der Waals surface area (Å²) in [6.07, 6.45) is 2.78. The van der Waals surface area contributed by atoms with E-state index < -0.39 is 5.97 Å². The lowest BCUT2D eigenvalue weighted by atomic mass is 10.2.